The predicted molar refractivity (Wildman–Crippen MR) is 107 cm³/mol. The zero-order chi connectivity index (χ0) is 20.7. The Bertz CT molecular complexity index is 1080. The maximum absolute atomic E-state index is 12.4. The summed E-state index contributed by atoms with van der Waals surface area (Å²) in [5, 5.41) is 19.4. The van der Waals surface area contributed by atoms with Crippen LogP contribution in [0.1, 0.15) is 46.4 Å². The fourth-order valence-corrected chi connectivity index (χ4v) is 4.30. The molecule has 8 nitrogen and oxygen atoms in total. The van der Waals surface area contributed by atoms with Gasteiger partial charge in [-0.3, -0.25) is 0 Å². The van der Waals surface area contributed by atoms with E-state index in [-0.39, 0.29) is 30.3 Å². The van der Waals surface area contributed by atoms with Crippen molar-refractivity contribution in [2.75, 3.05) is 6.61 Å². The molecule has 30 heavy (non-hydrogen) atoms. The first-order valence-corrected chi connectivity index (χ1v) is 9.88. The number of alkyl carbamates (subject to hydrolysis) is 1. The average molecular weight is 404 g/mol. The molecule has 1 fully saturated rings. The number of nitrogens with one attached hydrogen (secondary N) is 1. The summed E-state index contributed by atoms with van der Waals surface area (Å²) in [5.41, 5.74) is 4.58. The van der Waals surface area contributed by atoms with E-state index in [1.165, 1.54) is 22.0 Å². The Kier molecular flexibility index (Phi) is 4.46. The van der Waals surface area contributed by atoms with Gasteiger partial charge >= 0.3 is 12.1 Å². The van der Waals surface area contributed by atoms with Crippen molar-refractivity contribution in [3.8, 4) is 11.1 Å². The van der Waals surface area contributed by atoms with Crippen LogP contribution in [0.25, 0.3) is 11.1 Å². The number of carboxylic acid groups (broad SMARTS) is 1. The van der Waals surface area contributed by atoms with Crippen LogP contribution in [0.5, 0.6) is 0 Å². The summed E-state index contributed by atoms with van der Waals surface area (Å²) in [5.74, 6) is -1.12. The van der Waals surface area contributed by atoms with Crippen molar-refractivity contribution < 1.29 is 19.4 Å². The smallest absolute Gasteiger partial charge is 0.407 e. The highest BCUT2D eigenvalue weighted by molar-refractivity contribution is 5.84. The Morgan fingerprint density at radius 1 is 1.07 bits per heavy atom. The van der Waals surface area contributed by atoms with Gasteiger partial charge in [-0.15, -0.1) is 5.10 Å². The summed E-state index contributed by atoms with van der Waals surface area (Å²) in [6, 6.07) is 16.1. The van der Waals surface area contributed by atoms with Crippen LogP contribution in [-0.4, -0.2) is 44.8 Å². The lowest BCUT2D eigenvalue weighted by atomic mass is 9.86. The molecule has 0 saturated heterocycles. The van der Waals surface area contributed by atoms with Crippen LogP contribution in [0.4, 0.5) is 4.79 Å². The molecule has 2 aromatic carbocycles. The Morgan fingerprint density at radius 2 is 1.73 bits per heavy atom. The van der Waals surface area contributed by atoms with Gasteiger partial charge in [0.2, 0.25) is 0 Å². The predicted octanol–water partition coefficient (Wildman–Crippen LogP) is 3.22. The second-order valence-corrected chi connectivity index (χ2v) is 7.61. The molecule has 1 heterocycles. The number of carbonyl (C=O) groups excluding carboxylic acids is 1. The third-order valence-corrected chi connectivity index (χ3v) is 5.95. The van der Waals surface area contributed by atoms with E-state index in [9.17, 15) is 9.59 Å². The van der Waals surface area contributed by atoms with Gasteiger partial charge in [0, 0.05) is 5.92 Å². The van der Waals surface area contributed by atoms with Gasteiger partial charge in [0.05, 0.1) is 18.3 Å². The lowest BCUT2D eigenvalue weighted by Gasteiger charge is -2.36. The van der Waals surface area contributed by atoms with Crippen molar-refractivity contribution in [2.24, 2.45) is 0 Å². The van der Waals surface area contributed by atoms with Gasteiger partial charge in [-0.25, -0.2) is 14.3 Å². The minimum absolute atomic E-state index is 0.00813. The number of aromatic carboxylic acids is 1. The molecule has 1 aromatic heterocycles. The fraction of sp³-hybridized carbons (Fsp3) is 0.273. The van der Waals surface area contributed by atoms with Gasteiger partial charge in [0.25, 0.3) is 0 Å². The Balaban J connectivity index is 1.23. The van der Waals surface area contributed by atoms with E-state index < -0.39 is 12.1 Å². The summed E-state index contributed by atoms with van der Waals surface area (Å²) in [4.78, 5) is 23.4. The molecule has 3 aromatic rings. The number of nitrogens with zero attached hydrogens (tertiary/aromatic N) is 3. The van der Waals surface area contributed by atoms with Crippen molar-refractivity contribution in [1.29, 1.82) is 0 Å². The van der Waals surface area contributed by atoms with E-state index in [1.807, 2.05) is 24.3 Å². The molecule has 5 rings (SSSR count). The maximum atomic E-state index is 12.4. The Labute approximate surface area is 172 Å². The minimum Gasteiger partial charge on any atom is -0.476 e. The van der Waals surface area contributed by atoms with E-state index in [1.54, 1.807) is 0 Å². The lowest BCUT2D eigenvalue weighted by molar-refractivity contribution is 0.0690. The largest absolute Gasteiger partial charge is 0.476 e. The molecule has 2 unspecified atom stereocenters. The third-order valence-electron chi connectivity index (χ3n) is 5.95. The molecular formula is C22H20N4O4. The van der Waals surface area contributed by atoms with Gasteiger partial charge in [-0.05, 0) is 35.1 Å². The van der Waals surface area contributed by atoms with Gasteiger partial charge in [-0.1, -0.05) is 53.7 Å². The summed E-state index contributed by atoms with van der Waals surface area (Å²) < 4.78 is 7.09. The van der Waals surface area contributed by atoms with E-state index in [0.29, 0.717) is 0 Å². The van der Waals surface area contributed by atoms with E-state index in [0.717, 1.165) is 24.0 Å². The van der Waals surface area contributed by atoms with Gasteiger partial charge in [0.1, 0.15) is 6.61 Å². The zero-order valence-corrected chi connectivity index (χ0v) is 16.1. The SMILES string of the molecule is O=C(NC1CCC1n1cc(C(=O)O)nn1)OCC1c2ccccc2-c2ccccc21. The summed E-state index contributed by atoms with van der Waals surface area (Å²) in [6.45, 7) is 0.254. The van der Waals surface area contributed by atoms with Crippen molar-refractivity contribution in [3.05, 3.63) is 71.5 Å². The molecule has 1 amide bonds. The molecule has 2 N–H and O–H groups in total. The topological polar surface area (TPSA) is 106 Å². The first kappa shape index (κ1) is 18.4. The average Bonchev–Trinajstić information content (AvgIpc) is 3.33. The molecule has 1 saturated carbocycles. The second kappa shape index (κ2) is 7.29. The summed E-state index contributed by atoms with van der Waals surface area (Å²) in [7, 11) is 0. The molecule has 2 aliphatic rings. The highest BCUT2D eigenvalue weighted by atomic mass is 16.5. The molecule has 0 spiro atoms. The lowest BCUT2D eigenvalue weighted by Crippen LogP contribution is -2.48. The second-order valence-electron chi connectivity index (χ2n) is 7.61. The molecular weight excluding hydrogens is 384 g/mol. The van der Waals surface area contributed by atoms with Crippen molar-refractivity contribution in [3.63, 3.8) is 0 Å². The number of carboxylic acids is 1. The Morgan fingerprint density at radius 3 is 2.30 bits per heavy atom. The van der Waals surface area contributed by atoms with Crippen LogP contribution in [-0.2, 0) is 4.74 Å². The number of aromatic nitrogens is 3. The number of hydrogen-bond acceptors (Lipinski definition) is 5. The normalized spacial score (nSPS) is 19.5. The maximum Gasteiger partial charge on any atom is 0.407 e. The van der Waals surface area contributed by atoms with Gasteiger partial charge in [-0.2, -0.15) is 0 Å². The van der Waals surface area contributed by atoms with Gasteiger partial charge < -0.3 is 15.2 Å². The molecule has 2 atom stereocenters. The molecule has 0 bridgehead atoms. The van der Waals surface area contributed by atoms with Crippen molar-refractivity contribution >= 4 is 12.1 Å². The van der Waals surface area contributed by atoms with E-state index >= 15 is 0 Å². The van der Waals surface area contributed by atoms with Crippen molar-refractivity contribution in [1.82, 2.24) is 20.3 Å². The highest BCUT2D eigenvalue weighted by Crippen LogP contribution is 2.44. The zero-order valence-electron chi connectivity index (χ0n) is 16.1. The number of hydrogen-bond donors (Lipinski definition) is 2. The first-order valence-electron chi connectivity index (χ1n) is 9.88. The standard InChI is InChI=1S/C22H20N4O4/c27-21(28)19-11-26(25-24-19)20-10-9-18(20)23-22(29)30-12-17-15-7-3-1-5-13(15)14-6-2-4-8-16(14)17/h1-8,11,17-18,20H,9-10,12H2,(H,23,29)(H,27,28). The molecule has 8 heteroatoms. The number of carbonyl (C=O) groups is 2. The fourth-order valence-electron chi connectivity index (χ4n) is 4.30. The molecule has 0 radical (unpaired) electrons. The van der Waals surface area contributed by atoms with E-state index in [4.69, 9.17) is 9.84 Å². The van der Waals surface area contributed by atoms with Crippen LogP contribution in [0.2, 0.25) is 0 Å². The van der Waals surface area contributed by atoms with E-state index in [2.05, 4.69) is 39.9 Å². The summed E-state index contributed by atoms with van der Waals surface area (Å²) in [6.07, 6.45) is 2.47. The Hall–Kier alpha value is -3.68. The van der Waals surface area contributed by atoms with Crippen LogP contribution < -0.4 is 5.32 Å². The van der Waals surface area contributed by atoms with Gasteiger partial charge in [0.15, 0.2) is 5.69 Å². The van der Waals surface area contributed by atoms with Crippen LogP contribution in [0, 0.1) is 0 Å². The number of rotatable bonds is 5. The van der Waals surface area contributed by atoms with Crippen LogP contribution in [0.15, 0.2) is 54.7 Å². The number of benzene rings is 2. The molecule has 0 aliphatic heterocycles. The summed E-state index contributed by atoms with van der Waals surface area (Å²) >= 11 is 0. The van der Waals surface area contributed by atoms with Crippen LogP contribution >= 0.6 is 0 Å². The third kappa shape index (κ3) is 3.10. The number of fused-ring (bicyclic) bond motifs is 3. The minimum atomic E-state index is -1.12. The van der Waals surface area contributed by atoms with Crippen LogP contribution in [0.3, 0.4) is 0 Å². The quantitative estimate of drug-likeness (QED) is 0.676. The molecule has 2 aliphatic carbocycles. The number of amides is 1. The highest BCUT2D eigenvalue weighted by Gasteiger charge is 2.36. The molecule has 152 valence electrons. The van der Waals surface area contributed by atoms with Crippen molar-refractivity contribution in [2.45, 2.75) is 30.8 Å². The number of ether oxygens (including phenoxy) is 1. The first-order chi connectivity index (χ1) is 14.6. The monoisotopic (exact) mass is 404 g/mol.